The van der Waals surface area contributed by atoms with E-state index >= 15 is 0 Å². The number of carbonyl (C=O) groups excluding carboxylic acids is 2. The van der Waals surface area contributed by atoms with Crippen molar-refractivity contribution < 1.29 is 14.3 Å². The van der Waals surface area contributed by atoms with Gasteiger partial charge >= 0.3 is 5.97 Å². The maximum Gasteiger partial charge on any atom is 0.356 e. The average Bonchev–Trinajstić information content (AvgIpc) is 2.90. The molecule has 1 aromatic heterocycles. The van der Waals surface area contributed by atoms with Crippen LogP contribution in [0.1, 0.15) is 41.9 Å². The minimum absolute atomic E-state index is 0.0717. The Morgan fingerprint density at radius 3 is 2.30 bits per heavy atom. The summed E-state index contributed by atoms with van der Waals surface area (Å²) in [7, 11) is 1.53. The fraction of sp³-hybridized carbons (Fsp3) is 0.233. The molecule has 0 spiro atoms. The standard InChI is InChI=1S/C30H29ClN2O4/c1-5-19-11-9-10-18(3)26(19)32-28(34)24(6-2)37-30(36)27-25(20-14-16-21(31)17-15-20)22-12-7-8-13-23(22)29(35)33(27)4/h7-17,24H,5-6H2,1-4H3,(H,32,34). The minimum atomic E-state index is -1.04. The molecule has 1 unspecified atom stereocenters. The predicted octanol–water partition coefficient (Wildman–Crippen LogP) is 6.30. The van der Waals surface area contributed by atoms with Crippen LogP contribution < -0.4 is 10.9 Å². The molecule has 6 nitrogen and oxygen atoms in total. The molecule has 0 aliphatic rings. The number of benzene rings is 3. The van der Waals surface area contributed by atoms with Crippen LogP contribution in [-0.4, -0.2) is 22.5 Å². The number of rotatable bonds is 7. The molecule has 190 valence electrons. The first-order valence-corrected chi connectivity index (χ1v) is 12.6. The number of carbonyl (C=O) groups is 2. The number of nitrogens with zero attached hydrogens (tertiary/aromatic N) is 1. The summed E-state index contributed by atoms with van der Waals surface area (Å²) in [6.45, 7) is 5.71. The Labute approximate surface area is 220 Å². The molecule has 3 aromatic carbocycles. The monoisotopic (exact) mass is 516 g/mol. The van der Waals surface area contributed by atoms with E-state index in [1.54, 1.807) is 49.4 Å². The third-order valence-corrected chi connectivity index (χ3v) is 6.78. The van der Waals surface area contributed by atoms with Crippen LogP contribution in [0, 0.1) is 6.92 Å². The summed E-state index contributed by atoms with van der Waals surface area (Å²) >= 11 is 6.11. The zero-order valence-corrected chi connectivity index (χ0v) is 22.1. The Balaban J connectivity index is 1.76. The number of hydrogen-bond donors (Lipinski definition) is 1. The maximum absolute atomic E-state index is 13.7. The van der Waals surface area contributed by atoms with Gasteiger partial charge in [-0.2, -0.15) is 0 Å². The molecule has 4 aromatic rings. The third-order valence-electron chi connectivity index (χ3n) is 6.53. The Kier molecular flexibility index (Phi) is 7.79. The van der Waals surface area contributed by atoms with Crippen LogP contribution in [0.5, 0.6) is 0 Å². The molecule has 1 amide bonds. The molecule has 1 N–H and O–H groups in total. The van der Waals surface area contributed by atoms with Gasteiger partial charge in [-0.15, -0.1) is 0 Å². The van der Waals surface area contributed by atoms with Crippen LogP contribution in [0.2, 0.25) is 5.02 Å². The summed E-state index contributed by atoms with van der Waals surface area (Å²) in [5.41, 5.74) is 3.64. The van der Waals surface area contributed by atoms with Crippen LogP contribution in [-0.2, 0) is 23.0 Å². The van der Waals surface area contributed by atoms with Gasteiger partial charge < -0.3 is 14.6 Å². The molecule has 4 rings (SSSR count). The summed E-state index contributed by atoms with van der Waals surface area (Å²) in [5.74, 6) is -1.17. The zero-order valence-electron chi connectivity index (χ0n) is 21.3. The van der Waals surface area contributed by atoms with Crippen molar-refractivity contribution in [2.75, 3.05) is 5.32 Å². The molecule has 0 saturated heterocycles. The number of fused-ring (bicyclic) bond motifs is 1. The van der Waals surface area contributed by atoms with Gasteiger partial charge in [0.25, 0.3) is 11.5 Å². The minimum Gasteiger partial charge on any atom is -0.448 e. The Hall–Kier alpha value is -3.90. The van der Waals surface area contributed by atoms with Crippen molar-refractivity contribution >= 4 is 39.9 Å². The number of halogens is 1. The second kappa shape index (κ2) is 11.0. The van der Waals surface area contributed by atoms with Crippen LogP contribution in [0.4, 0.5) is 5.69 Å². The first kappa shape index (κ1) is 26.2. The predicted molar refractivity (Wildman–Crippen MR) is 148 cm³/mol. The number of para-hydroxylation sites is 1. The van der Waals surface area contributed by atoms with Crippen LogP contribution >= 0.6 is 11.6 Å². The average molecular weight is 517 g/mol. The van der Waals surface area contributed by atoms with Gasteiger partial charge in [0, 0.05) is 28.7 Å². The lowest BCUT2D eigenvalue weighted by Gasteiger charge is -2.21. The van der Waals surface area contributed by atoms with Gasteiger partial charge in [-0.05, 0) is 60.0 Å². The van der Waals surface area contributed by atoms with Crippen molar-refractivity contribution in [3.8, 4) is 11.1 Å². The lowest BCUT2D eigenvalue weighted by molar-refractivity contribution is -0.124. The number of anilines is 1. The number of aryl methyl sites for hydroxylation is 2. The normalized spacial score (nSPS) is 11.8. The van der Waals surface area contributed by atoms with Crippen molar-refractivity contribution in [1.29, 1.82) is 0 Å². The number of ether oxygens (including phenoxy) is 1. The number of aromatic nitrogens is 1. The molecule has 0 fully saturated rings. The highest BCUT2D eigenvalue weighted by Gasteiger charge is 2.28. The van der Waals surface area contributed by atoms with E-state index in [1.807, 2.05) is 38.1 Å². The van der Waals surface area contributed by atoms with Crippen LogP contribution in [0.15, 0.2) is 71.5 Å². The summed E-state index contributed by atoms with van der Waals surface area (Å²) < 4.78 is 7.05. The largest absolute Gasteiger partial charge is 0.448 e. The second-order valence-corrected chi connectivity index (χ2v) is 9.33. The van der Waals surface area contributed by atoms with Gasteiger partial charge in [-0.25, -0.2) is 4.79 Å². The van der Waals surface area contributed by atoms with E-state index in [4.69, 9.17) is 16.3 Å². The second-order valence-electron chi connectivity index (χ2n) is 8.89. The van der Waals surface area contributed by atoms with Crippen molar-refractivity contribution in [2.24, 2.45) is 7.05 Å². The smallest absolute Gasteiger partial charge is 0.356 e. The molecule has 37 heavy (non-hydrogen) atoms. The Bertz CT molecular complexity index is 1540. The molecule has 0 saturated carbocycles. The lowest BCUT2D eigenvalue weighted by atomic mass is 9.96. The van der Waals surface area contributed by atoms with Gasteiger partial charge in [0.2, 0.25) is 0 Å². The van der Waals surface area contributed by atoms with E-state index < -0.39 is 18.0 Å². The maximum atomic E-state index is 13.7. The van der Waals surface area contributed by atoms with E-state index in [1.165, 1.54) is 11.6 Å². The van der Waals surface area contributed by atoms with Gasteiger partial charge in [-0.3, -0.25) is 9.59 Å². The number of esters is 1. The van der Waals surface area contributed by atoms with Gasteiger partial charge in [0.05, 0.1) is 0 Å². The topological polar surface area (TPSA) is 77.4 Å². The van der Waals surface area contributed by atoms with Gasteiger partial charge in [-0.1, -0.05) is 74.0 Å². The van der Waals surface area contributed by atoms with E-state index in [0.717, 1.165) is 23.2 Å². The molecule has 7 heteroatoms. The fourth-order valence-corrected chi connectivity index (χ4v) is 4.65. The van der Waals surface area contributed by atoms with Crippen molar-refractivity contribution in [2.45, 2.75) is 39.7 Å². The Morgan fingerprint density at radius 2 is 1.65 bits per heavy atom. The number of nitrogens with one attached hydrogen (secondary N) is 1. The van der Waals surface area contributed by atoms with Crippen LogP contribution in [0.3, 0.4) is 0 Å². The van der Waals surface area contributed by atoms with E-state index in [9.17, 15) is 14.4 Å². The molecule has 0 aliphatic heterocycles. The number of amides is 1. The van der Waals surface area contributed by atoms with E-state index in [2.05, 4.69) is 5.32 Å². The van der Waals surface area contributed by atoms with Crippen molar-refractivity contribution in [3.63, 3.8) is 0 Å². The highest BCUT2D eigenvalue weighted by molar-refractivity contribution is 6.30. The molecule has 0 aliphatic carbocycles. The van der Waals surface area contributed by atoms with Gasteiger partial charge in [0.15, 0.2) is 6.10 Å². The molecule has 0 radical (unpaired) electrons. The Morgan fingerprint density at radius 1 is 0.973 bits per heavy atom. The SMILES string of the molecule is CCc1cccc(C)c1NC(=O)C(CC)OC(=O)c1c(-c2ccc(Cl)cc2)c2ccccc2c(=O)n1C. The zero-order chi connectivity index (χ0) is 26.7. The molecule has 0 bridgehead atoms. The first-order chi connectivity index (χ1) is 17.8. The number of hydrogen-bond acceptors (Lipinski definition) is 4. The molecular weight excluding hydrogens is 488 g/mol. The fourth-order valence-electron chi connectivity index (χ4n) is 4.53. The lowest BCUT2D eigenvalue weighted by Crippen LogP contribution is -2.34. The van der Waals surface area contributed by atoms with Crippen LogP contribution in [0.25, 0.3) is 21.9 Å². The summed E-state index contributed by atoms with van der Waals surface area (Å²) in [6.07, 6.45) is -0.0308. The number of pyridine rings is 1. The highest BCUT2D eigenvalue weighted by Crippen LogP contribution is 2.32. The first-order valence-electron chi connectivity index (χ1n) is 12.2. The summed E-state index contributed by atoms with van der Waals surface area (Å²) in [6, 6.07) is 20.0. The summed E-state index contributed by atoms with van der Waals surface area (Å²) in [4.78, 5) is 40.1. The quantitative estimate of drug-likeness (QED) is 0.292. The highest BCUT2D eigenvalue weighted by atomic mass is 35.5. The molecule has 1 atom stereocenters. The third kappa shape index (κ3) is 5.16. The summed E-state index contributed by atoms with van der Waals surface area (Å²) in [5, 5.41) is 4.59. The van der Waals surface area contributed by atoms with Crippen molar-refractivity contribution in [3.05, 3.63) is 98.9 Å². The van der Waals surface area contributed by atoms with E-state index in [-0.39, 0.29) is 17.7 Å². The van der Waals surface area contributed by atoms with Crippen molar-refractivity contribution in [1.82, 2.24) is 4.57 Å². The van der Waals surface area contributed by atoms with Gasteiger partial charge in [0.1, 0.15) is 5.69 Å². The molecular formula is C30H29ClN2O4. The molecule has 1 heterocycles. The van der Waals surface area contributed by atoms with E-state index in [0.29, 0.717) is 26.9 Å².